The molecule has 1 atom stereocenters. The highest BCUT2D eigenvalue weighted by atomic mass is 16.5. The second kappa shape index (κ2) is 6.03. The predicted molar refractivity (Wildman–Crippen MR) is 58.1 cm³/mol. The Balaban J connectivity index is 2.65. The molecule has 0 aliphatic carbocycles. The standard InChI is InChI=1S/C11H15NO5/c1-2-17-11(16)8-4-3-7-12(8)9(13)5-6-10(14)15/h5-6,8H,2-4,7H2,1H3,(H,14,15)/b6-5+. The quantitative estimate of drug-likeness (QED) is 0.560. The van der Waals surface area contributed by atoms with Crippen molar-refractivity contribution in [2.45, 2.75) is 25.8 Å². The van der Waals surface area contributed by atoms with Gasteiger partial charge in [-0.15, -0.1) is 0 Å². The van der Waals surface area contributed by atoms with Crippen LogP contribution < -0.4 is 0 Å². The van der Waals surface area contributed by atoms with Crippen molar-refractivity contribution in [3.63, 3.8) is 0 Å². The maximum atomic E-state index is 11.6. The summed E-state index contributed by atoms with van der Waals surface area (Å²) in [5.41, 5.74) is 0. The molecule has 1 rings (SSSR count). The number of nitrogens with zero attached hydrogens (tertiary/aromatic N) is 1. The molecule has 0 aromatic heterocycles. The summed E-state index contributed by atoms with van der Waals surface area (Å²) in [6.45, 7) is 2.41. The molecule has 0 bridgehead atoms. The summed E-state index contributed by atoms with van der Waals surface area (Å²) >= 11 is 0. The number of carbonyl (C=O) groups is 3. The van der Waals surface area contributed by atoms with Crippen LogP contribution in [-0.4, -0.2) is 47.0 Å². The van der Waals surface area contributed by atoms with E-state index in [2.05, 4.69) is 0 Å². The molecule has 6 heteroatoms. The van der Waals surface area contributed by atoms with Crippen LogP contribution in [0.15, 0.2) is 12.2 Å². The number of ether oxygens (including phenoxy) is 1. The van der Waals surface area contributed by atoms with Crippen LogP contribution in [0.3, 0.4) is 0 Å². The summed E-state index contributed by atoms with van der Waals surface area (Å²) in [4.78, 5) is 34.8. The molecular weight excluding hydrogens is 226 g/mol. The van der Waals surface area contributed by atoms with Crippen molar-refractivity contribution in [1.82, 2.24) is 4.90 Å². The number of carboxylic acids is 1. The van der Waals surface area contributed by atoms with Crippen LogP contribution >= 0.6 is 0 Å². The average molecular weight is 241 g/mol. The number of likely N-dealkylation sites (tertiary alicyclic amines) is 1. The SMILES string of the molecule is CCOC(=O)C1CCCN1C(=O)/C=C/C(=O)O. The Morgan fingerprint density at radius 2 is 2.12 bits per heavy atom. The summed E-state index contributed by atoms with van der Waals surface area (Å²) in [5.74, 6) is -2.09. The lowest BCUT2D eigenvalue weighted by molar-refractivity contribution is -0.151. The van der Waals surface area contributed by atoms with Crippen LogP contribution in [0.4, 0.5) is 0 Å². The molecule has 1 aliphatic heterocycles. The van der Waals surface area contributed by atoms with Crippen molar-refractivity contribution >= 4 is 17.8 Å². The van der Waals surface area contributed by atoms with Crippen LogP contribution in [0, 0.1) is 0 Å². The van der Waals surface area contributed by atoms with E-state index in [1.165, 1.54) is 4.90 Å². The van der Waals surface area contributed by atoms with E-state index >= 15 is 0 Å². The minimum Gasteiger partial charge on any atom is -0.478 e. The number of rotatable bonds is 4. The first-order chi connectivity index (χ1) is 8.06. The Kier molecular flexibility index (Phi) is 4.68. The largest absolute Gasteiger partial charge is 0.478 e. The van der Waals surface area contributed by atoms with E-state index in [0.29, 0.717) is 13.0 Å². The smallest absolute Gasteiger partial charge is 0.328 e. The van der Waals surface area contributed by atoms with Crippen LogP contribution in [0.5, 0.6) is 0 Å². The zero-order chi connectivity index (χ0) is 12.8. The highest BCUT2D eigenvalue weighted by Crippen LogP contribution is 2.18. The van der Waals surface area contributed by atoms with Gasteiger partial charge in [-0.3, -0.25) is 4.79 Å². The van der Waals surface area contributed by atoms with E-state index in [1.807, 2.05) is 0 Å². The van der Waals surface area contributed by atoms with E-state index in [1.54, 1.807) is 6.92 Å². The fraction of sp³-hybridized carbons (Fsp3) is 0.545. The summed E-state index contributed by atoms with van der Waals surface area (Å²) in [5, 5.41) is 8.42. The zero-order valence-electron chi connectivity index (χ0n) is 9.59. The summed E-state index contributed by atoms with van der Waals surface area (Å²) in [6.07, 6.45) is 3.00. The Hall–Kier alpha value is -1.85. The third-order valence-corrected chi connectivity index (χ3v) is 2.46. The van der Waals surface area contributed by atoms with Gasteiger partial charge in [-0.25, -0.2) is 9.59 Å². The molecule has 0 aromatic carbocycles. The fourth-order valence-corrected chi connectivity index (χ4v) is 1.75. The summed E-state index contributed by atoms with van der Waals surface area (Å²) in [6, 6.07) is -0.583. The maximum absolute atomic E-state index is 11.6. The molecule has 1 amide bonds. The van der Waals surface area contributed by atoms with E-state index in [4.69, 9.17) is 9.84 Å². The minimum atomic E-state index is -1.19. The topological polar surface area (TPSA) is 83.9 Å². The van der Waals surface area contributed by atoms with Gasteiger partial charge in [0.25, 0.3) is 0 Å². The average Bonchev–Trinajstić information content (AvgIpc) is 2.75. The van der Waals surface area contributed by atoms with Gasteiger partial charge in [-0.1, -0.05) is 0 Å². The van der Waals surface area contributed by atoms with Crippen LogP contribution in [-0.2, 0) is 19.1 Å². The van der Waals surface area contributed by atoms with Gasteiger partial charge in [0.05, 0.1) is 6.61 Å². The van der Waals surface area contributed by atoms with Gasteiger partial charge >= 0.3 is 11.9 Å². The van der Waals surface area contributed by atoms with Gasteiger partial charge in [0, 0.05) is 18.7 Å². The van der Waals surface area contributed by atoms with Gasteiger partial charge in [0.15, 0.2) is 0 Å². The van der Waals surface area contributed by atoms with E-state index in [9.17, 15) is 14.4 Å². The molecule has 1 heterocycles. The fourth-order valence-electron chi connectivity index (χ4n) is 1.75. The normalized spacial score (nSPS) is 19.6. The Labute approximate surface area is 98.8 Å². The van der Waals surface area contributed by atoms with E-state index < -0.39 is 23.9 Å². The number of carbonyl (C=O) groups excluding carboxylic acids is 2. The first kappa shape index (κ1) is 13.2. The number of aliphatic carboxylic acids is 1. The second-order valence-corrected chi connectivity index (χ2v) is 3.61. The highest BCUT2D eigenvalue weighted by molar-refractivity contribution is 5.96. The lowest BCUT2D eigenvalue weighted by Crippen LogP contribution is -2.40. The molecule has 0 radical (unpaired) electrons. The van der Waals surface area contributed by atoms with Crippen molar-refractivity contribution in [1.29, 1.82) is 0 Å². The number of carboxylic acid groups (broad SMARTS) is 1. The zero-order valence-corrected chi connectivity index (χ0v) is 9.59. The van der Waals surface area contributed by atoms with Gasteiger partial charge in [-0.05, 0) is 19.8 Å². The lowest BCUT2D eigenvalue weighted by Gasteiger charge is -2.21. The number of esters is 1. The minimum absolute atomic E-state index is 0.266. The number of hydrogen-bond acceptors (Lipinski definition) is 4. The van der Waals surface area contributed by atoms with Crippen molar-refractivity contribution in [3.8, 4) is 0 Å². The lowest BCUT2D eigenvalue weighted by atomic mass is 10.2. The molecule has 1 aliphatic rings. The second-order valence-electron chi connectivity index (χ2n) is 3.61. The molecule has 1 saturated heterocycles. The molecule has 6 nitrogen and oxygen atoms in total. The third kappa shape index (κ3) is 3.58. The number of hydrogen-bond donors (Lipinski definition) is 1. The van der Waals surface area contributed by atoms with Crippen molar-refractivity contribution in [3.05, 3.63) is 12.2 Å². The van der Waals surface area contributed by atoms with Crippen LogP contribution in [0.2, 0.25) is 0 Å². The molecule has 94 valence electrons. The van der Waals surface area contributed by atoms with Gasteiger partial charge < -0.3 is 14.7 Å². The highest BCUT2D eigenvalue weighted by Gasteiger charge is 2.34. The van der Waals surface area contributed by atoms with Crippen LogP contribution in [0.1, 0.15) is 19.8 Å². The molecule has 17 heavy (non-hydrogen) atoms. The van der Waals surface area contributed by atoms with Gasteiger partial charge in [0.2, 0.25) is 5.91 Å². The molecule has 0 spiro atoms. The van der Waals surface area contributed by atoms with Crippen molar-refractivity contribution in [2.75, 3.05) is 13.2 Å². The molecule has 1 fully saturated rings. The van der Waals surface area contributed by atoms with Crippen LogP contribution in [0.25, 0.3) is 0 Å². The maximum Gasteiger partial charge on any atom is 0.328 e. The summed E-state index contributed by atoms with van der Waals surface area (Å²) in [7, 11) is 0. The molecular formula is C11H15NO5. The monoisotopic (exact) mass is 241 g/mol. The van der Waals surface area contributed by atoms with Crippen molar-refractivity contribution in [2.24, 2.45) is 0 Å². The Morgan fingerprint density at radius 1 is 1.41 bits per heavy atom. The molecule has 0 saturated carbocycles. The molecule has 1 unspecified atom stereocenters. The van der Waals surface area contributed by atoms with Gasteiger partial charge in [0.1, 0.15) is 6.04 Å². The van der Waals surface area contributed by atoms with Gasteiger partial charge in [-0.2, -0.15) is 0 Å². The predicted octanol–water partition coefficient (Wildman–Crippen LogP) is 0.181. The Bertz CT molecular complexity index is 350. The van der Waals surface area contributed by atoms with E-state index in [0.717, 1.165) is 18.6 Å². The molecule has 0 aromatic rings. The van der Waals surface area contributed by atoms with Crippen molar-refractivity contribution < 1.29 is 24.2 Å². The first-order valence-electron chi connectivity index (χ1n) is 5.44. The third-order valence-electron chi connectivity index (χ3n) is 2.46. The number of amides is 1. The summed E-state index contributed by atoms with van der Waals surface area (Å²) < 4.78 is 4.86. The van der Waals surface area contributed by atoms with E-state index in [-0.39, 0.29) is 6.61 Å². The first-order valence-corrected chi connectivity index (χ1v) is 5.44. The Morgan fingerprint density at radius 3 is 2.71 bits per heavy atom. The molecule has 1 N–H and O–H groups in total.